The average molecular weight is 256 g/mol. The predicted octanol–water partition coefficient (Wildman–Crippen LogP) is 2.85. The third kappa shape index (κ3) is 3.14. The van der Waals surface area contributed by atoms with Gasteiger partial charge in [0.1, 0.15) is 0 Å². The van der Waals surface area contributed by atoms with Crippen LogP contribution in [0.25, 0.3) is 5.57 Å². The number of hydrogen-bond donors (Lipinski definition) is 2. The summed E-state index contributed by atoms with van der Waals surface area (Å²) < 4.78 is 0. The van der Waals surface area contributed by atoms with Gasteiger partial charge in [-0.25, -0.2) is 0 Å². The standard InChI is InChI=1S/C17H24N2/c1-3-18-13-17(14-19-4-2)12-8-11-16(17)15-9-6-5-7-10-15/h5-12,18-19H,3-4,13-14H2,1-2H3. The fourth-order valence-corrected chi connectivity index (χ4v) is 2.65. The molecule has 1 aromatic carbocycles. The first-order valence-electron chi connectivity index (χ1n) is 7.19. The van der Waals surface area contributed by atoms with Gasteiger partial charge in [0, 0.05) is 18.5 Å². The number of benzene rings is 1. The third-order valence-electron chi connectivity index (χ3n) is 3.68. The van der Waals surface area contributed by atoms with Gasteiger partial charge in [0.25, 0.3) is 0 Å². The molecule has 1 aromatic rings. The predicted molar refractivity (Wildman–Crippen MR) is 83.1 cm³/mol. The van der Waals surface area contributed by atoms with Crippen molar-refractivity contribution in [3.8, 4) is 0 Å². The number of nitrogens with one attached hydrogen (secondary N) is 2. The van der Waals surface area contributed by atoms with Crippen molar-refractivity contribution >= 4 is 5.57 Å². The van der Waals surface area contributed by atoms with Crippen LogP contribution < -0.4 is 10.6 Å². The van der Waals surface area contributed by atoms with Gasteiger partial charge in [-0.3, -0.25) is 0 Å². The summed E-state index contributed by atoms with van der Waals surface area (Å²) in [5.41, 5.74) is 2.81. The molecule has 1 aliphatic carbocycles. The molecule has 1 aliphatic rings. The van der Waals surface area contributed by atoms with Crippen molar-refractivity contribution in [2.45, 2.75) is 13.8 Å². The Hall–Kier alpha value is -1.38. The molecule has 0 saturated carbocycles. The quantitative estimate of drug-likeness (QED) is 0.784. The first kappa shape index (κ1) is 14.0. The summed E-state index contributed by atoms with van der Waals surface area (Å²) in [5, 5.41) is 7.02. The van der Waals surface area contributed by atoms with Crippen LogP contribution in [0.4, 0.5) is 0 Å². The van der Waals surface area contributed by atoms with E-state index in [-0.39, 0.29) is 5.41 Å². The molecule has 0 amide bonds. The molecule has 0 radical (unpaired) electrons. The molecule has 0 bridgehead atoms. The molecule has 0 saturated heterocycles. The van der Waals surface area contributed by atoms with Gasteiger partial charge < -0.3 is 10.6 Å². The SMILES string of the molecule is CCNCC1(CNCC)C=CC=C1c1ccccc1. The highest BCUT2D eigenvalue weighted by Gasteiger charge is 2.33. The van der Waals surface area contributed by atoms with Crippen LogP contribution in [-0.4, -0.2) is 26.2 Å². The molecule has 102 valence electrons. The van der Waals surface area contributed by atoms with E-state index in [0.29, 0.717) is 0 Å². The zero-order valence-corrected chi connectivity index (χ0v) is 11.9. The summed E-state index contributed by atoms with van der Waals surface area (Å²) in [5.74, 6) is 0. The van der Waals surface area contributed by atoms with Crippen LogP contribution in [0.5, 0.6) is 0 Å². The van der Waals surface area contributed by atoms with E-state index in [2.05, 4.69) is 73.0 Å². The van der Waals surface area contributed by atoms with E-state index in [9.17, 15) is 0 Å². The van der Waals surface area contributed by atoms with Crippen LogP contribution in [0.3, 0.4) is 0 Å². The van der Waals surface area contributed by atoms with Crippen LogP contribution in [0, 0.1) is 5.41 Å². The van der Waals surface area contributed by atoms with Gasteiger partial charge in [-0.15, -0.1) is 0 Å². The topological polar surface area (TPSA) is 24.1 Å². The Morgan fingerprint density at radius 3 is 2.16 bits per heavy atom. The molecule has 2 N–H and O–H groups in total. The lowest BCUT2D eigenvalue weighted by atomic mass is 9.79. The maximum Gasteiger partial charge on any atom is 0.0390 e. The highest BCUT2D eigenvalue weighted by molar-refractivity contribution is 5.77. The summed E-state index contributed by atoms with van der Waals surface area (Å²) in [4.78, 5) is 0. The Morgan fingerprint density at radius 1 is 0.947 bits per heavy atom. The Balaban J connectivity index is 2.25. The highest BCUT2D eigenvalue weighted by atomic mass is 14.9. The third-order valence-corrected chi connectivity index (χ3v) is 3.68. The number of allylic oxidation sites excluding steroid dienone is 2. The van der Waals surface area contributed by atoms with Crippen LogP contribution in [0.1, 0.15) is 19.4 Å². The number of rotatable bonds is 7. The minimum Gasteiger partial charge on any atom is -0.316 e. The fourth-order valence-electron chi connectivity index (χ4n) is 2.65. The lowest BCUT2D eigenvalue weighted by molar-refractivity contribution is 0.440. The summed E-state index contributed by atoms with van der Waals surface area (Å²) in [7, 11) is 0. The molecule has 19 heavy (non-hydrogen) atoms. The largest absolute Gasteiger partial charge is 0.316 e. The zero-order chi connectivity index (χ0) is 13.6. The summed E-state index contributed by atoms with van der Waals surface area (Å²) >= 11 is 0. The Bertz CT molecular complexity index is 438. The van der Waals surface area contributed by atoms with Gasteiger partial charge in [-0.1, -0.05) is 62.4 Å². The second kappa shape index (κ2) is 6.69. The molecule has 0 fully saturated rings. The zero-order valence-electron chi connectivity index (χ0n) is 11.9. The van der Waals surface area contributed by atoms with E-state index in [1.165, 1.54) is 11.1 Å². The molecule has 0 aromatic heterocycles. The van der Waals surface area contributed by atoms with Crippen LogP contribution in [-0.2, 0) is 0 Å². The van der Waals surface area contributed by atoms with Crippen molar-refractivity contribution in [1.82, 2.24) is 10.6 Å². The average Bonchev–Trinajstić information content (AvgIpc) is 2.88. The van der Waals surface area contributed by atoms with Gasteiger partial charge in [-0.05, 0) is 24.2 Å². The lowest BCUT2D eigenvalue weighted by Crippen LogP contribution is -2.41. The maximum absolute atomic E-state index is 3.51. The maximum atomic E-state index is 3.51. The van der Waals surface area contributed by atoms with Gasteiger partial charge in [0.15, 0.2) is 0 Å². The highest BCUT2D eigenvalue weighted by Crippen LogP contribution is 2.39. The summed E-state index contributed by atoms with van der Waals surface area (Å²) in [6.07, 6.45) is 6.78. The van der Waals surface area contributed by atoms with Crippen molar-refractivity contribution in [3.05, 3.63) is 54.1 Å². The van der Waals surface area contributed by atoms with Crippen LogP contribution in [0.2, 0.25) is 0 Å². The van der Waals surface area contributed by atoms with E-state index in [1.807, 2.05) is 0 Å². The fraction of sp³-hybridized carbons (Fsp3) is 0.412. The summed E-state index contributed by atoms with van der Waals surface area (Å²) in [6, 6.07) is 10.7. The van der Waals surface area contributed by atoms with E-state index in [4.69, 9.17) is 0 Å². The van der Waals surface area contributed by atoms with Crippen LogP contribution >= 0.6 is 0 Å². The van der Waals surface area contributed by atoms with Gasteiger partial charge in [-0.2, -0.15) is 0 Å². The molecule has 2 heteroatoms. The van der Waals surface area contributed by atoms with Crippen molar-refractivity contribution < 1.29 is 0 Å². The van der Waals surface area contributed by atoms with Crippen molar-refractivity contribution in [3.63, 3.8) is 0 Å². The molecule has 2 nitrogen and oxygen atoms in total. The molecular formula is C17H24N2. The normalized spacial score (nSPS) is 16.6. The van der Waals surface area contributed by atoms with E-state index >= 15 is 0 Å². The minimum atomic E-state index is 0.0768. The number of hydrogen-bond acceptors (Lipinski definition) is 2. The van der Waals surface area contributed by atoms with E-state index < -0.39 is 0 Å². The minimum absolute atomic E-state index is 0.0768. The van der Waals surface area contributed by atoms with Gasteiger partial charge in [0.2, 0.25) is 0 Å². The Kier molecular flexibility index (Phi) is 4.94. The van der Waals surface area contributed by atoms with E-state index in [0.717, 1.165) is 26.2 Å². The van der Waals surface area contributed by atoms with Crippen molar-refractivity contribution in [2.75, 3.05) is 26.2 Å². The van der Waals surface area contributed by atoms with Crippen molar-refractivity contribution in [2.24, 2.45) is 5.41 Å². The Morgan fingerprint density at radius 2 is 1.58 bits per heavy atom. The van der Waals surface area contributed by atoms with Gasteiger partial charge >= 0.3 is 0 Å². The Labute approximate surface area is 116 Å². The van der Waals surface area contributed by atoms with Gasteiger partial charge in [0.05, 0.1) is 0 Å². The molecule has 0 unspecified atom stereocenters. The molecule has 0 atom stereocenters. The molecule has 2 rings (SSSR count). The lowest BCUT2D eigenvalue weighted by Gasteiger charge is -2.32. The van der Waals surface area contributed by atoms with E-state index in [1.54, 1.807) is 0 Å². The first-order chi connectivity index (χ1) is 9.32. The second-order valence-corrected chi connectivity index (χ2v) is 5.02. The molecule has 0 spiro atoms. The van der Waals surface area contributed by atoms with Crippen LogP contribution in [0.15, 0.2) is 48.6 Å². The second-order valence-electron chi connectivity index (χ2n) is 5.02. The monoisotopic (exact) mass is 256 g/mol. The molecular weight excluding hydrogens is 232 g/mol. The summed E-state index contributed by atoms with van der Waals surface area (Å²) in [6.45, 7) is 8.28. The smallest absolute Gasteiger partial charge is 0.0390 e. The van der Waals surface area contributed by atoms with Crippen molar-refractivity contribution in [1.29, 1.82) is 0 Å². The first-order valence-corrected chi connectivity index (χ1v) is 7.19. The molecule has 0 heterocycles. The molecule has 0 aliphatic heterocycles.